The average Bonchev–Trinajstić information content (AvgIpc) is 3.37. The molecule has 0 heterocycles. The van der Waals surface area contributed by atoms with Crippen LogP contribution in [0.25, 0.3) is 11.1 Å². The first-order valence-electron chi connectivity index (χ1n) is 7.70. The maximum absolute atomic E-state index is 12.1. The molecule has 0 aliphatic heterocycles. The van der Waals surface area contributed by atoms with Crippen LogP contribution in [-0.2, 0) is 4.79 Å². The molecule has 1 saturated carbocycles. The summed E-state index contributed by atoms with van der Waals surface area (Å²) < 4.78 is 0. The van der Waals surface area contributed by atoms with E-state index in [2.05, 4.69) is 5.32 Å². The van der Waals surface area contributed by atoms with Gasteiger partial charge < -0.3 is 5.32 Å². The van der Waals surface area contributed by atoms with E-state index in [0.717, 1.165) is 24.0 Å². The largest absolute Gasteiger partial charge is 0.353 e. The van der Waals surface area contributed by atoms with Gasteiger partial charge in [-0.2, -0.15) is 0 Å². The van der Waals surface area contributed by atoms with Crippen molar-refractivity contribution in [2.24, 2.45) is 0 Å². The lowest BCUT2D eigenvalue weighted by Crippen LogP contribution is -2.25. The number of ketones is 1. The second-order valence-corrected chi connectivity index (χ2v) is 5.71. The Hall–Kier alpha value is -2.42. The van der Waals surface area contributed by atoms with E-state index in [4.69, 9.17) is 0 Å². The Morgan fingerprint density at radius 3 is 2.14 bits per heavy atom. The van der Waals surface area contributed by atoms with E-state index in [9.17, 15) is 9.59 Å². The Morgan fingerprint density at radius 1 is 0.864 bits per heavy atom. The van der Waals surface area contributed by atoms with Crippen molar-refractivity contribution in [2.75, 3.05) is 0 Å². The predicted molar refractivity (Wildman–Crippen MR) is 86.6 cm³/mol. The molecular formula is C19H19NO2. The highest BCUT2D eigenvalue weighted by Gasteiger charge is 2.23. The Kier molecular flexibility index (Phi) is 4.33. The summed E-state index contributed by atoms with van der Waals surface area (Å²) in [5.74, 6) is 0.00214. The average molecular weight is 293 g/mol. The first-order valence-corrected chi connectivity index (χ1v) is 7.70. The Morgan fingerprint density at radius 2 is 1.50 bits per heavy atom. The van der Waals surface area contributed by atoms with Crippen LogP contribution in [0.15, 0.2) is 54.6 Å². The molecule has 2 aromatic carbocycles. The van der Waals surface area contributed by atoms with Crippen LogP contribution in [0.1, 0.15) is 36.0 Å². The molecule has 3 rings (SSSR count). The summed E-state index contributed by atoms with van der Waals surface area (Å²) in [7, 11) is 0. The van der Waals surface area contributed by atoms with Gasteiger partial charge in [0.05, 0.1) is 0 Å². The fraction of sp³-hybridized carbons (Fsp3) is 0.263. The molecule has 0 aromatic heterocycles. The molecule has 1 fully saturated rings. The molecule has 22 heavy (non-hydrogen) atoms. The summed E-state index contributed by atoms with van der Waals surface area (Å²) in [4.78, 5) is 23.7. The molecular weight excluding hydrogens is 274 g/mol. The molecule has 1 aliphatic carbocycles. The number of rotatable bonds is 6. The van der Waals surface area contributed by atoms with Gasteiger partial charge in [0.25, 0.3) is 0 Å². The van der Waals surface area contributed by atoms with Gasteiger partial charge in [0.1, 0.15) is 0 Å². The Labute approximate surface area is 130 Å². The summed E-state index contributed by atoms with van der Waals surface area (Å²) in [5, 5.41) is 2.90. The number of hydrogen-bond donors (Lipinski definition) is 1. The highest BCUT2D eigenvalue weighted by atomic mass is 16.2. The van der Waals surface area contributed by atoms with Crippen molar-refractivity contribution < 1.29 is 9.59 Å². The van der Waals surface area contributed by atoms with Gasteiger partial charge in [0.15, 0.2) is 5.78 Å². The molecule has 0 saturated heterocycles. The second-order valence-electron chi connectivity index (χ2n) is 5.71. The highest BCUT2D eigenvalue weighted by molar-refractivity contribution is 5.98. The number of hydrogen-bond acceptors (Lipinski definition) is 2. The maximum atomic E-state index is 12.1. The minimum absolute atomic E-state index is 0.0169. The first-order chi connectivity index (χ1) is 10.7. The number of Topliss-reactive ketones (excluding diaryl/α,β-unsaturated/α-hetero) is 1. The summed E-state index contributed by atoms with van der Waals surface area (Å²) in [5.41, 5.74) is 2.88. The molecule has 112 valence electrons. The smallest absolute Gasteiger partial charge is 0.220 e. The van der Waals surface area contributed by atoms with Crippen LogP contribution in [-0.4, -0.2) is 17.7 Å². The van der Waals surface area contributed by atoms with Crippen LogP contribution in [0.5, 0.6) is 0 Å². The van der Waals surface area contributed by atoms with Crippen molar-refractivity contribution in [1.82, 2.24) is 5.32 Å². The van der Waals surface area contributed by atoms with Gasteiger partial charge in [-0.05, 0) is 24.0 Å². The third kappa shape index (κ3) is 3.82. The van der Waals surface area contributed by atoms with E-state index in [1.165, 1.54) is 0 Å². The lowest BCUT2D eigenvalue weighted by Gasteiger charge is -2.05. The van der Waals surface area contributed by atoms with Gasteiger partial charge in [-0.1, -0.05) is 54.6 Å². The van der Waals surface area contributed by atoms with Crippen LogP contribution in [0.3, 0.4) is 0 Å². The van der Waals surface area contributed by atoms with Crippen molar-refractivity contribution in [3.8, 4) is 11.1 Å². The lowest BCUT2D eigenvalue weighted by molar-refractivity contribution is -0.121. The molecule has 2 aromatic rings. The molecule has 1 N–H and O–H groups in total. The minimum atomic E-state index is -0.0169. The van der Waals surface area contributed by atoms with Crippen LogP contribution in [0, 0.1) is 0 Å². The van der Waals surface area contributed by atoms with Crippen molar-refractivity contribution >= 4 is 11.7 Å². The SMILES string of the molecule is O=C(CCC(=O)c1ccc(-c2ccccc2)cc1)NC1CC1. The predicted octanol–water partition coefficient (Wildman–Crippen LogP) is 3.60. The van der Waals surface area contributed by atoms with Crippen molar-refractivity contribution in [2.45, 2.75) is 31.7 Å². The number of carbonyl (C=O) groups is 2. The fourth-order valence-corrected chi connectivity index (χ4v) is 2.38. The first kappa shape index (κ1) is 14.5. The highest BCUT2D eigenvalue weighted by Crippen LogP contribution is 2.20. The molecule has 3 nitrogen and oxygen atoms in total. The lowest BCUT2D eigenvalue weighted by atomic mass is 10.0. The number of amides is 1. The number of carbonyl (C=O) groups excluding carboxylic acids is 2. The summed E-state index contributed by atoms with van der Waals surface area (Å²) in [6.07, 6.45) is 2.68. The molecule has 0 unspecified atom stereocenters. The number of benzene rings is 2. The van der Waals surface area contributed by atoms with E-state index in [-0.39, 0.29) is 24.5 Å². The Balaban J connectivity index is 1.57. The van der Waals surface area contributed by atoms with Gasteiger partial charge in [-0.15, -0.1) is 0 Å². The maximum Gasteiger partial charge on any atom is 0.220 e. The molecule has 1 amide bonds. The topological polar surface area (TPSA) is 46.2 Å². The van der Waals surface area contributed by atoms with Crippen LogP contribution < -0.4 is 5.32 Å². The van der Waals surface area contributed by atoms with Crippen molar-refractivity contribution in [1.29, 1.82) is 0 Å². The fourth-order valence-electron chi connectivity index (χ4n) is 2.38. The summed E-state index contributed by atoms with van der Waals surface area (Å²) >= 11 is 0. The molecule has 0 atom stereocenters. The zero-order valence-electron chi connectivity index (χ0n) is 12.4. The standard InChI is InChI=1S/C19H19NO2/c21-18(12-13-19(22)20-17-10-11-17)16-8-6-15(7-9-16)14-4-2-1-3-5-14/h1-9,17H,10-13H2,(H,20,22). The molecule has 0 radical (unpaired) electrons. The summed E-state index contributed by atoms with van der Waals surface area (Å²) in [6.45, 7) is 0. The van der Waals surface area contributed by atoms with Crippen LogP contribution in [0.2, 0.25) is 0 Å². The van der Waals surface area contributed by atoms with Gasteiger partial charge in [-0.25, -0.2) is 0 Å². The second kappa shape index (κ2) is 6.56. The van der Waals surface area contributed by atoms with Crippen LogP contribution in [0.4, 0.5) is 0 Å². The van der Waals surface area contributed by atoms with Crippen molar-refractivity contribution in [3.05, 3.63) is 60.2 Å². The quantitative estimate of drug-likeness (QED) is 0.827. The van der Waals surface area contributed by atoms with Gasteiger partial charge in [0, 0.05) is 24.4 Å². The molecule has 0 spiro atoms. The van der Waals surface area contributed by atoms with E-state index >= 15 is 0 Å². The molecule has 1 aliphatic rings. The Bertz CT molecular complexity index is 658. The minimum Gasteiger partial charge on any atom is -0.353 e. The van der Waals surface area contributed by atoms with E-state index in [1.807, 2.05) is 54.6 Å². The summed E-state index contributed by atoms with van der Waals surface area (Å²) in [6, 6.07) is 18.0. The number of nitrogens with one attached hydrogen (secondary N) is 1. The third-order valence-corrected chi connectivity index (χ3v) is 3.84. The zero-order chi connectivity index (χ0) is 15.4. The van der Waals surface area contributed by atoms with Gasteiger partial charge >= 0.3 is 0 Å². The van der Waals surface area contributed by atoms with Crippen molar-refractivity contribution in [3.63, 3.8) is 0 Å². The molecule has 0 bridgehead atoms. The third-order valence-electron chi connectivity index (χ3n) is 3.84. The van der Waals surface area contributed by atoms with E-state index in [0.29, 0.717) is 11.6 Å². The molecule has 3 heteroatoms. The van der Waals surface area contributed by atoms with E-state index in [1.54, 1.807) is 0 Å². The van der Waals surface area contributed by atoms with Gasteiger partial charge in [-0.3, -0.25) is 9.59 Å². The normalized spacial score (nSPS) is 13.6. The zero-order valence-corrected chi connectivity index (χ0v) is 12.4. The van der Waals surface area contributed by atoms with Gasteiger partial charge in [0.2, 0.25) is 5.91 Å². The monoisotopic (exact) mass is 293 g/mol. The van der Waals surface area contributed by atoms with Crippen LogP contribution >= 0.6 is 0 Å². The van der Waals surface area contributed by atoms with E-state index < -0.39 is 0 Å².